The first-order valence-corrected chi connectivity index (χ1v) is 9.21. The highest BCUT2D eigenvalue weighted by Gasteiger charge is 2.26. The lowest BCUT2D eigenvalue weighted by atomic mass is 9.89. The third-order valence-corrected chi connectivity index (χ3v) is 5.69. The summed E-state index contributed by atoms with van der Waals surface area (Å²) in [6.07, 6.45) is 3.37. The van der Waals surface area contributed by atoms with E-state index < -0.39 is 0 Å². The zero-order valence-electron chi connectivity index (χ0n) is 13.0. The molecular formula is C18H16ClN3OS. The molecule has 4 nitrogen and oxygen atoms in total. The summed E-state index contributed by atoms with van der Waals surface area (Å²) in [6.45, 7) is 1.49. The second kappa shape index (κ2) is 6.49. The van der Waals surface area contributed by atoms with Crippen molar-refractivity contribution in [3.05, 3.63) is 58.3 Å². The van der Waals surface area contributed by atoms with Crippen molar-refractivity contribution >= 4 is 39.1 Å². The molecule has 1 amide bonds. The summed E-state index contributed by atoms with van der Waals surface area (Å²) < 4.78 is 0.875. The van der Waals surface area contributed by atoms with Gasteiger partial charge in [0.15, 0.2) is 0 Å². The average molecular weight is 358 g/mol. The van der Waals surface area contributed by atoms with Gasteiger partial charge in [-0.1, -0.05) is 23.7 Å². The highest BCUT2D eigenvalue weighted by atomic mass is 35.5. The summed E-state index contributed by atoms with van der Waals surface area (Å²) in [5.41, 5.74) is 2.63. The van der Waals surface area contributed by atoms with E-state index in [4.69, 9.17) is 11.6 Å². The molecule has 0 N–H and O–H groups in total. The first-order valence-electron chi connectivity index (χ1n) is 7.95. The van der Waals surface area contributed by atoms with Gasteiger partial charge in [0.05, 0.1) is 10.2 Å². The second-order valence-corrected chi connectivity index (χ2v) is 7.33. The van der Waals surface area contributed by atoms with Crippen molar-refractivity contribution in [2.45, 2.75) is 18.8 Å². The fourth-order valence-corrected chi connectivity index (χ4v) is 4.29. The number of likely N-dealkylation sites (tertiary alicyclic amines) is 1. The molecule has 122 valence electrons. The molecule has 0 unspecified atom stereocenters. The van der Waals surface area contributed by atoms with Gasteiger partial charge in [0.1, 0.15) is 12.0 Å². The van der Waals surface area contributed by atoms with Crippen LogP contribution >= 0.6 is 22.9 Å². The van der Waals surface area contributed by atoms with E-state index in [0.29, 0.717) is 11.6 Å². The van der Waals surface area contributed by atoms with Crippen LogP contribution in [0.5, 0.6) is 0 Å². The number of nitrogens with zero attached hydrogens (tertiary/aromatic N) is 3. The summed E-state index contributed by atoms with van der Waals surface area (Å²) in [5, 5.41) is 2.72. The van der Waals surface area contributed by atoms with Crippen LogP contribution in [-0.2, 0) is 0 Å². The molecule has 0 spiro atoms. The van der Waals surface area contributed by atoms with Crippen LogP contribution in [0.3, 0.4) is 0 Å². The van der Waals surface area contributed by atoms with Crippen molar-refractivity contribution in [1.29, 1.82) is 0 Å². The van der Waals surface area contributed by atoms with Crippen LogP contribution in [0.15, 0.2) is 42.0 Å². The van der Waals surface area contributed by atoms with Crippen molar-refractivity contribution in [3.63, 3.8) is 0 Å². The van der Waals surface area contributed by atoms with Crippen LogP contribution in [-0.4, -0.2) is 33.9 Å². The monoisotopic (exact) mass is 357 g/mol. The molecule has 1 saturated heterocycles. The molecule has 0 radical (unpaired) electrons. The van der Waals surface area contributed by atoms with Crippen molar-refractivity contribution in [2.75, 3.05) is 13.1 Å². The number of piperidine rings is 1. The molecule has 4 rings (SSSR count). The fraction of sp³-hybridized carbons (Fsp3) is 0.278. The van der Waals surface area contributed by atoms with Crippen LogP contribution < -0.4 is 0 Å². The third kappa shape index (κ3) is 2.89. The Bertz CT molecular complexity index is 887. The second-order valence-electron chi connectivity index (χ2n) is 5.98. The van der Waals surface area contributed by atoms with Gasteiger partial charge in [-0.25, -0.2) is 9.97 Å². The molecular weight excluding hydrogens is 342 g/mol. The topological polar surface area (TPSA) is 46.1 Å². The van der Waals surface area contributed by atoms with Crippen LogP contribution in [0, 0.1) is 0 Å². The average Bonchev–Trinajstić information content (AvgIpc) is 3.10. The van der Waals surface area contributed by atoms with Crippen LogP contribution in [0.4, 0.5) is 0 Å². The number of carbonyl (C=O) groups is 1. The molecule has 3 heterocycles. The minimum atomic E-state index is 0.00870. The number of aromatic nitrogens is 2. The van der Waals surface area contributed by atoms with Crippen molar-refractivity contribution < 1.29 is 4.79 Å². The predicted octanol–water partition coefficient (Wildman–Crippen LogP) is 4.36. The summed E-state index contributed by atoms with van der Waals surface area (Å²) in [5.74, 6) is 0.467. The molecule has 0 saturated carbocycles. The molecule has 0 aliphatic carbocycles. The van der Waals surface area contributed by atoms with Gasteiger partial charge in [0, 0.05) is 18.1 Å². The van der Waals surface area contributed by atoms with Crippen molar-refractivity contribution in [3.8, 4) is 0 Å². The minimum Gasteiger partial charge on any atom is -0.337 e. The van der Waals surface area contributed by atoms with E-state index in [-0.39, 0.29) is 5.91 Å². The van der Waals surface area contributed by atoms with E-state index in [0.717, 1.165) is 41.2 Å². The molecule has 24 heavy (non-hydrogen) atoms. The van der Waals surface area contributed by atoms with Gasteiger partial charge in [0.2, 0.25) is 0 Å². The minimum absolute atomic E-state index is 0.00870. The lowest BCUT2D eigenvalue weighted by Gasteiger charge is -2.32. The number of hydrogen-bond donors (Lipinski definition) is 0. The van der Waals surface area contributed by atoms with Crippen molar-refractivity contribution in [1.82, 2.24) is 14.9 Å². The summed E-state index contributed by atoms with van der Waals surface area (Å²) in [7, 11) is 0. The standard InChI is InChI=1S/C18H16ClN3OS/c19-14-3-1-2-13(10-14)12-4-7-22(8-5-12)18(23)16-17-15(6-9-24-17)20-11-21-16/h1-3,6,9-12H,4-5,7-8H2. The maximum atomic E-state index is 12.8. The van der Waals surface area contributed by atoms with Crippen molar-refractivity contribution in [2.24, 2.45) is 0 Å². The quantitative estimate of drug-likeness (QED) is 0.684. The Hall–Kier alpha value is -1.98. The van der Waals surface area contributed by atoms with E-state index >= 15 is 0 Å². The van der Waals surface area contributed by atoms with Gasteiger partial charge in [-0.15, -0.1) is 11.3 Å². The molecule has 3 aromatic rings. The Kier molecular flexibility index (Phi) is 4.21. The Morgan fingerprint density at radius 2 is 2.04 bits per heavy atom. The molecule has 0 atom stereocenters. The van der Waals surface area contributed by atoms with Gasteiger partial charge in [-0.2, -0.15) is 0 Å². The maximum absolute atomic E-state index is 12.8. The molecule has 1 fully saturated rings. The van der Waals surface area contributed by atoms with E-state index in [2.05, 4.69) is 16.0 Å². The fourth-order valence-electron chi connectivity index (χ4n) is 3.27. The third-order valence-electron chi connectivity index (χ3n) is 4.55. The van der Waals surface area contributed by atoms with Gasteiger partial charge in [0.25, 0.3) is 5.91 Å². The summed E-state index contributed by atoms with van der Waals surface area (Å²) in [6, 6.07) is 9.95. The first kappa shape index (κ1) is 15.5. The van der Waals surface area contributed by atoms with Gasteiger partial charge >= 0.3 is 0 Å². The number of benzene rings is 1. The van der Waals surface area contributed by atoms with Gasteiger partial charge in [-0.3, -0.25) is 4.79 Å². The smallest absolute Gasteiger partial charge is 0.274 e. The van der Waals surface area contributed by atoms with E-state index in [1.54, 1.807) is 0 Å². The number of fused-ring (bicyclic) bond motifs is 1. The molecule has 6 heteroatoms. The largest absolute Gasteiger partial charge is 0.337 e. The van der Waals surface area contributed by atoms with E-state index in [1.165, 1.54) is 23.2 Å². The Morgan fingerprint density at radius 3 is 2.83 bits per heavy atom. The number of hydrogen-bond acceptors (Lipinski definition) is 4. The number of amides is 1. The molecule has 0 bridgehead atoms. The van der Waals surface area contributed by atoms with Gasteiger partial charge < -0.3 is 4.90 Å². The summed E-state index contributed by atoms with van der Waals surface area (Å²) in [4.78, 5) is 23.2. The Morgan fingerprint density at radius 1 is 1.21 bits per heavy atom. The van der Waals surface area contributed by atoms with Crippen LogP contribution in [0.1, 0.15) is 34.8 Å². The van der Waals surface area contributed by atoms with Crippen LogP contribution in [0.2, 0.25) is 5.02 Å². The highest BCUT2D eigenvalue weighted by molar-refractivity contribution is 7.17. The van der Waals surface area contributed by atoms with Gasteiger partial charge in [-0.05, 0) is 47.9 Å². The highest BCUT2D eigenvalue weighted by Crippen LogP contribution is 2.30. The van der Waals surface area contributed by atoms with E-state index in [9.17, 15) is 4.79 Å². The van der Waals surface area contributed by atoms with E-state index in [1.807, 2.05) is 34.5 Å². The maximum Gasteiger partial charge on any atom is 0.274 e. The zero-order valence-corrected chi connectivity index (χ0v) is 14.6. The number of halogens is 1. The summed E-state index contributed by atoms with van der Waals surface area (Å²) >= 11 is 7.61. The molecule has 1 aliphatic heterocycles. The first-order chi connectivity index (χ1) is 11.7. The Labute approximate surface area is 149 Å². The Balaban J connectivity index is 1.49. The normalized spacial score (nSPS) is 15.8. The lowest BCUT2D eigenvalue weighted by Crippen LogP contribution is -2.38. The number of carbonyl (C=O) groups excluding carboxylic acids is 1. The number of rotatable bonds is 2. The zero-order chi connectivity index (χ0) is 16.5. The van der Waals surface area contributed by atoms with Crippen LogP contribution in [0.25, 0.3) is 10.2 Å². The molecule has 2 aromatic heterocycles. The SMILES string of the molecule is O=C(c1ncnc2ccsc12)N1CCC(c2cccc(Cl)c2)CC1. The number of thiophene rings is 1. The lowest BCUT2D eigenvalue weighted by molar-refractivity contribution is 0.0709. The molecule has 1 aromatic carbocycles. The molecule has 1 aliphatic rings. The predicted molar refractivity (Wildman–Crippen MR) is 96.7 cm³/mol.